The van der Waals surface area contributed by atoms with E-state index in [2.05, 4.69) is 200 Å². The van der Waals surface area contributed by atoms with Gasteiger partial charge in [0.15, 0.2) is 0 Å². The van der Waals surface area contributed by atoms with E-state index in [0.717, 1.165) is 60.3 Å². The van der Waals surface area contributed by atoms with Gasteiger partial charge >= 0.3 is 0 Å². The third-order valence-electron chi connectivity index (χ3n) is 10.5. The normalized spacial score (nSPS) is 11.7. The van der Waals surface area contributed by atoms with Gasteiger partial charge in [-0.1, -0.05) is 165 Å². The molecule has 0 saturated heterocycles. The van der Waals surface area contributed by atoms with E-state index >= 15 is 0 Å². The maximum absolute atomic E-state index is 7.19. The van der Waals surface area contributed by atoms with Gasteiger partial charge in [-0.2, -0.15) is 0 Å². The fourth-order valence-electron chi connectivity index (χ4n) is 7.80. The van der Waals surface area contributed by atoms with Crippen molar-refractivity contribution in [3.8, 4) is 27.9 Å². The smallest absolute Gasteiger partial charge is 0.0618 e. The second kappa shape index (κ2) is 15.3. The number of hydrogen-bond acceptors (Lipinski definition) is 2. The van der Waals surface area contributed by atoms with Gasteiger partial charge in [-0.3, -0.25) is 0 Å². The van der Waals surface area contributed by atoms with Crippen LogP contribution in [0.3, 0.4) is 0 Å². The van der Waals surface area contributed by atoms with Crippen molar-refractivity contribution in [1.29, 1.82) is 0 Å². The number of fused-ring (bicyclic) bond motifs is 3. The summed E-state index contributed by atoms with van der Waals surface area (Å²) in [6.45, 7) is 6.83. The maximum atomic E-state index is 7.19. The molecule has 0 spiro atoms. The Kier molecular flexibility index (Phi) is 9.92. The van der Waals surface area contributed by atoms with Gasteiger partial charge in [0.05, 0.1) is 16.7 Å². The van der Waals surface area contributed by atoms with E-state index in [1.54, 1.807) is 11.8 Å². The molecule has 57 heavy (non-hydrogen) atoms. The van der Waals surface area contributed by atoms with Crippen LogP contribution in [-0.2, 0) is 5.41 Å². The Morgan fingerprint density at radius 1 is 0.509 bits per heavy atom. The van der Waals surface area contributed by atoms with Gasteiger partial charge in [0, 0.05) is 58.8 Å². The third-order valence-corrected chi connectivity index (χ3v) is 11.9. The predicted molar refractivity (Wildman–Crippen MR) is 246 cm³/mol. The first-order chi connectivity index (χ1) is 27.7. The summed E-state index contributed by atoms with van der Waals surface area (Å²) in [6, 6.07) is 66.4. The van der Waals surface area contributed by atoms with Crippen LogP contribution in [0.4, 0.5) is 17.1 Å². The number of para-hydroxylation sites is 2. The summed E-state index contributed by atoms with van der Waals surface area (Å²) >= 11 is 15.8. The Balaban J connectivity index is 1.28. The fraction of sp³-hybridized carbons (Fsp3) is 0.0769. The first-order valence-corrected chi connectivity index (χ1v) is 20.7. The summed E-state index contributed by atoms with van der Waals surface area (Å²) < 4.78 is 2.36. The van der Waals surface area contributed by atoms with Crippen LogP contribution in [0, 0.1) is 0 Å². The Hall–Kier alpha value is -5.71. The lowest BCUT2D eigenvalue weighted by molar-refractivity contribution is 0.591. The number of nitrogens with zero attached hydrogens (tertiary/aromatic N) is 2. The van der Waals surface area contributed by atoms with E-state index in [9.17, 15) is 0 Å². The van der Waals surface area contributed by atoms with E-state index in [0.29, 0.717) is 10.0 Å². The van der Waals surface area contributed by atoms with Gasteiger partial charge in [0.2, 0.25) is 0 Å². The van der Waals surface area contributed by atoms with Crippen LogP contribution >= 0.6 is 35.0 Å². The quantitative estimate of drug-likeness (QED) is 0.151. The average Bonchev–Trinajstić information content (AvgIpc) is 3.57. The molecule has 5 heteroatoms. The number of hydrogen-bond donors (Lipinski definition) is 0. The second-order valence-electron chi connectivity index (χ2n) is 15.3. The van der Waals surface area contributed by atoms with Gasteiger partial charge in [-0.25, -0.2) is 0 Å². The lowest BCUT2D eigenvalue weighted by Gasteiger charge is -2.33. The van der Waals surface area contributed by atoms with Gasteiger partial charge < -0.3 is 9.47 Å². The lowest BCUT2D eigenvalue weighted by atomic mass is 9.82. The Morgan fingerprint density at radius 2 is 1.09 bits per heavy atom. The number of rotatable bonds is 8. The molecule has 9 aromatic rings. The van der Waals surface area contributed by atoms with Crippen LogP contribution in [0.25, 0.3) is 49.7 Å². The summed E-state index contributed by atoms with van der Waals surface area (Å²) in [5.74, 6) is 0. The van der Waals surface area contributed by atoms with Crippen molar-refractivity contribution in [3.05, 3.63) is 204 Å². The zero-order valence-electron chi connectivity index (χ0n) is 32.0. The number of halogens is 2. The molecule has 0 unspecified atom stereocenters. The van der Waals surface area contributed by atoms with Crippen molar-refractivity contribution in [3.63, 3.8) is 0 Å². The molecule has 278 valence electrons. The van der Waals surface area contributed by atoms with E-state index in [1.165, 1.54) is 21.9 Å². The average molecular weight is 796 g/mol. The van der Waals surface area contributed by atoms with Crippen molar-refractivity contribution in [2.24, 2.45) is 0 Å². The molecule has 0 atom stereocenters. The molecule has 9 rings (SSSR count). The van der Waals surface area contributed by atoms with E-state index in [-0.39, 0.29) is 5.41 Å². The predicted octanol–water partition coefficient (Wildman–Crippen LogP) is 16.3. The van der Waals surface area contributed by atoms with Crippen molar-refractivity contribution in [2.75, 3.05) is 4.90 Å². The molecule has 0 saturated carbocycles. The van der Waals surface area contributed by atoms with Crippen molar-refractivity contribution >= 4 is 73.8 Å². The van der Waals surface area contributed by atoms with E-state index in [1.807, 2.05) is 18.2 Å². The summed E-state index contributed by atoms with van der Waals surface area (Å²) in [7, 11) is 0. The molecular formula is C52H40Cl2N2S. The minimum atomic E-state index is -0.100. The first-order valence-electron chi connectivity index (χ1n) is 19.1. The molecule has 0 N–H and O–H groups in total. The second-order valence-corrected chi connectivity index (χ2v) is 17.3. The van der Waals surface area contributed by atoms with E-state index < -0.39 is 0 Å². The van der Waals surface area contributed by atoms with Gasteiger partial charge in [0.25, 0.3) is 0 Å². The molecule has 0 aliphatic carbocycles. The SMILES string of the molecule is CC(C)(C)c1cc(-c2ccccc2)c(N(c2cccc(Cl)c2)c2cc(Cl)cc(Sc3cccc4c3c3ccccc3n4-c3ccccc3)c2)c(-c2ccccc2)c1. The summed E-state index contributed by atoms with van der Waals surface area (Å²) in [5.41, 5.74) is 12.0. The summed E-state index contributed by atoms with van der Waals surface area (Å²) in [6.07, 6.45) is 0. The standard InChI is InChI=1S/C52H40Cl2N2S/c1-52(2,3)37-29-45(35-17-7-4-8-18-35)51(46(30-37)36-19-9-5-10-20-36)55(41-24-15-21-38(53)31-41)42-32-39(54)33-43(34-42)57-49-28-16-27-48-50(49)44-25-13-14-26-47(44)56(48)40-22-11-6-12-23-40/h4-34H,1-3H3. The molecule has 0 aliphatic heterocycles. The Morgan fingerprint density at radius 3 is 1.74 bits per heavy atom. The summed E-state index contributed by atoms with van der Waals surface area (Å²) in [5, 5.41) is 3.73. The Labute approximate surface area is 349 Å². The zero-order valence-corrected chi connectivity index (χ0v) is 34.3. The number of anilines is 3. The largest absolute Gasteiger partial charge is 0.309 e. The van der Waals surface area contributed by atoms with E-state index in [4.69, 9.17) is 23.2 Å². The molecule has 0 radical (unpaired) electrons. The van der Waals surface area contributed by atoms with Gasteiger partial charge in [-0.05, 0) is 101 Å². The maximum Gasteiger partial charge on any atom is 0.0618 e. The molecule has 0 amide bonds. The highest BCUT2D eigenvalue weighted by molar-refractivity contribution is 7.99. The molecule has 1 heterocycles. The number of benzene rings is 8. The fourth-order valence-corrected chi connectivity index (χ4v) is 9.36. The topological polar surface area (TPSA) is 8.17 Å². The van der Waals surface area contributed by atoms with Crippen molar-refractivity contribution in [1.82, 2.24) is 4.57 Å². The lowest BCUT2D eigenvalue weighted by Crippen LogP contribution is -2.16. The zero-order chi connectivity index (χ0) is 39.1. The van der Waals surface area contributed by atoms with Crippen LogP contribution in [0.2, 0.25) is 10.0 Å². The van der Waals surface area contributed by atoms with Crippen molar-refractivity contribution in [2.45, 2.75) is 36.0 Å². The molecular weight excluding hydrogens is 756 g/mol. The van der Waals surface area contributed by atoms with Gasteiger partial charge in [0.1, 0.15) is 0 Å². The van der Waals surface area contributed by atoms with Crippen LogP contribution in [0.5, 0.6) is 0 Å². The first kappa shape index (κ1) is 36.9. The highest BCUT2D eigenvalue weighted by atomic mass is 35.5. The van der Waals surface area contributed by atoms with Crippen LogP contribution in [0.15, 0.2) is 198 Å². The highest BCUT2D eigenvalue weighted by Gasteiger charge is 2.27. The van der Waals surface area contributed by atoms with Crippen LogP contribution in [0.1, 0.15) is 26.3 Å². The Bertz CT molecular complexity index is 2820. The minimum absolute atomic E-state index is 0.100. The summed E-state index contributed by atoms with van der Waals surface area (Å²) in [4.78, 5) is 4.52. The number of aromatic nitrogens is 1. The third kappa shape index (κ3) is 7.24. The molecule has 2 nitrogen and oxygen atoms in total. The molecule has 0 fully saturated rings. The molecule has 0 aliphatic rings. The minimum Gasteiger partial charge on any atom is -0.309 e. The van der Waals surface area contributed by atoms with Gasteiger partial charge in [-0.15, -0.1) is 0 Å². The monoisotopic (exact) mass is 794 g/mol. The van der Waals surface area contributed by atoms with Crippen LogP contribution in [-0.4, -0.2) is 4.57 Å². The molecule has 1 aromatic heterocycles. The molecule has 8 aromatic carbocycles. The molecule has 0 bridgehead atoms. The van der Waals surface area contributed by atoms with Crippen LogP contribution < -0.4 is 4.90 Å². The van der Waals surface area contributed by atoms with Crippen molar-refractivity contribution < 1.29 is 0 Å². The highest BCUT2D eigenvalue weighted by Crippen LogP contribution is 2.50.